The predicted octanol–water partition coefficient (Wildman–Crippen LogP) is 3.34. The number of nitrogens with one attached hydrogen (secondary N) is 1. The fraction of sp³-hybridized carbons (Fsp3) is 0.667. The van der Waals surface area contributed by atoms with Gasteiger partial charge in [-0.05, 0) is 50.3 Å². The second kappa shape index (κ2) is 14.9. The van der Waals surface area contributed by atoms with Gasteiger partial charge in [-0.1, -0.05) is 12.1 Å². The smallest absolute Gasteiger partial charge is 0.193 e. The second-order valence-corrected chi connectivity index (χ2v) is 6.74. The summed E-state index contributed by atoms with van der Waals surface area (Å²) in [5.41, 5.74) is 1.28. The molecule has 1 aromatic rings. The lowest BCUT2D eigenvalue weighted by molar-refractivity contribution is 0.00991. The maximum atomic E-state index is 5.95. The molecular weight excluding hydrogens is 469 g/mol. The molecule has 0 radical (unpaired) electrons. The van der Waals surface area contributed by atoms with Crippen molar-refractivity contribution in [3.05, 3.63) is 29.8 Å². The number of nitrogens with zero attached hydrogens (tertiary/aromatic N) is 2. The third-order valence-corrected chi connectivity index (χ3v) is 4.74. The van der Waals surface area contributed by atoms with E-state index >= 15 is 0 Å². The molecule has 0 atom stereocenters. The Morgan fingerprint density at radius 2 is 1.86 bits per heavy atom. The standard InChI is InChI=1S/C21H35N3O3.HI/c1-4-22-21(23-13-10-18-6-8-19(26-3)9-7-18)24-14-11-20(12-15-24)27-17-5-16-25-2;/h6-9,20H,4-5,10-17H2,1-3H3,(H,22,23);1H. The van der Waals surface area contributed by atoms with E-state index in [2.05, 4.69) is 29.3 Å². The van der Waals surface area contributed by atoms with Crippen molar-refractivity contribution < 1.29 is 14.2 Å². The maximum absolute atomic E-state index is 5.95. The van der Waals surface area contributed by atoms with E-state index in [9.17, 15) is 0 Å². The summed E-state index contributed by atoms with van der Waals surface area (Å²) < 4.78 is 16.2. The highest BCUT2D eigenvalue weighted by Crippen LogP contribution is 2.15. The van der Waals surface area contributed by atoms with E-state index in [1.54, 1.807) is 14.2 Å². The molecular formula is C21H36IN3O3. The molecule has 0 saturated carbocycles. The number of hydrogen-bond acceptors (Lipinski definition) is 4. The first-order valence-electron chi connectivity index (χ1n) is 10.0. The third-order valence-electron chi connectivity index (χ3n) is 4.74. The Hall–Kier alpha value is -1.06. The molecule has 1 aliphatic rings. The van der Waals surface area contributed by atoms with E-state index in [4.69, 9.17) is 19.2 Å². The molecule has 1 aliphatic heterocycles. The van der Waals surface area contributed by atoms with Gasteiger partial charge < -0.3 is 24.4 Å². The van der Waals surface area contributed by atoms with Gasteiger partial charge in [-0.15, -0.1) is 24.0 Å². The first-order valence-corrected chi connectivity index (χ1v) is 10.0. The highest BCUT2D eigenvalue weighted by molar-refractivity contribution is 14.0. The molecule has 0 amide bonds. The van der Waals surface area contributed by atoms with Crippen LogP contribution in [0.4, 0.5) is 0 Å². The Balaban J connectivity index is 0.00000392. The lowest BCUT2D eigenvalue weighted by Crippen LogP contribution is -2.47. The summed E-state index contributed by atoms with van der Waals surface area (Å²) in [5, 5.41) is 3.43. The molecule has 160 valence electrons. The molecule has 0 bridgehead atoms. The van der Waals surface area contributed by atoms with Gasteiger partial charge in [0.2, 0.25) is 0 Å². The number of guanidine groups is 1. The van der Waals surface area contributed by atoms with E-state index in [0.29, 0.717) is 6.10 Å². The lowest BCUT2D eigenvalue weighted by Gasteiger charge is -2.34. The van der Waals surface area contributed by atoms with E-state index < -0.39 is 0 Å². The van der Waals surface area contributed by atoms with Gasteiger partial charge in [-0.3, -0.25) is 4.99 Å². The van der Waals surface area contributed by atoms with Gasteiger partial charge >= 0.3 is 0 Å². The van der Waals surface area contributed by atoms with Gasteiger partial charge in [0, 0.05) is 46.5 Å². The zero-order valence-electron chi connectivity index (χ0n) is 17.5. The average molecular weight is 505 g/mol. The van der Waals surface area contributed by atoms with Crippen LogP contribution in [0.25, 0.3) is 0 Å². The first kappa shape index (κ1) is 25.0. The van der Waals surface area contributed by atoms with Gasteiger partial charge in [0.15, 0.2) is 5.96 Å². The fourth-order valence-electron chi connectivity index (χ4n) is 3.20. The number of halogens is 1. The number of likely N-dealkylation sites (tertiary alicyclic amines) is 1. The molecule has 7 heteroatoms. The molecule has 1 heterocycles. The average Bonchev–Trinajstić information content (AvgIpc) is 2.71. The van der Waals surface area contributed by atoms with Gasteiger partial charge in [0.25, 0.3) is 0 Å². The third kappa shape index (κ3) is 8.96. The number of benzene rings is 1. The number of hydrogen-bond donors (Lipinski definition) is 1. The van der Waals surface area contributed by atoms with Crippen molar-refractivity contribution in [1.82, 2.24) is 10.2 Å². The number of piperidine rings is 1. The molecule has 28 heavy (non-hydrogen) atoms. The predicted molar refractivity (Wildman–Crippen MR) is 125 cm³/mol. The molecule has 1 aromatic carbocycles. The monoisotopic (exact) mass is 505 g/mol. The van der Waals surface area contributed by atoms with Crippen LogP contribution in [0.2, 0.25) is 0 Å². The zero-order valence-corrected chi connectivity index (χ0v) is 19.8. The quantitative estimate of drug-likeness (QED) is 0.229. The minimum atomic E-state index is 0. The number of rotatable bonds is 10. The van der Waals surface area contributed by atoms with E-state index in [1.165, 1.54) is 5.56 Å². The summed E-state index contributed by atoms with van der Waals surface area (Å²) in [4.78, 5) is 7.18. The summed E-state index contributed by atoms with van der Waals surface area (Å²) in [6.45, 7) is 7.31. The Bertz CT molecular complexity index is 546. The van der Waals surface area contributed by atoms with Gasteiger partial charge in [-0.25, -0.2) is 0 Å². The summed E-state index contributed by atoms with van der Waals surface area (Å²) in [7, 11) is 3.42. The summed E-state index contributed by atoms with van der Waals surface area (Å²) in [6.07, 6.45) is 4.36. The van der Waals surface area contributed by atoms with E-state index in [0.717, 1.165) is 76.8 Å². The molecule has 1 fully saturated rings. The SMILES string of the molecule is CCNC(=NCCc1ccc(OC)cc1)N1CCC(OCCCOC)CC1.I. The summed E-state index contributed by atoms with van der Waals surface area (Å²) >= 11 is 0. The molecule has 2 rings (SSSR count). The van der Waals surface area contributed by atoms with Crippen molar-refractivity contribution in [2.45, 2.75) is 38.7 Å². The van der Waals surface area contributed by atoms with Crippen LogP contribution in [-0.2, 0) is 15.9 Å². The molecule has 0 spiro atoms. The fourth-order valence-corrected chi connectivity index (χ4v) is 3.20. The number of ether oxygens (including phenoxy) is 3. The summed E-state index contributed by atoms with van der Waals surface area (Å²) in [6, 6.07) is 8.21. The minimum absolute atomic E-state index is 0. The van der Waals surface area contributed by atoms with Crippen molar-refractivity contribution in [3.8, 4) is 5.75 Å². The minimum Gasteiger partial charge on any atom is -0.497 e. The van der Waals surface area contributed by atoms with Gasteiger partial charge in [-0.2, -0.15) is 0 Å². The molecule has 0 aliphatic carbocycles. The molecule has 0 aromatic heterocycles. The lowest BCUT2D eigenvalue weighted by atomic mass is 10.1. The van der Waals surface area contributed by atoms with Crippen molar-refractivity contribution in [1.29, 1.82) is 0 Å². The Morgan fingerprint density at radius 1 is 1.14 bits per heavy atom. The van der Waals surface area contributed by atoms with Crippen LogP contribution in [0.3, 0.4) is 0 Å². The molecule has 6 nitrogen and oxygen atoms in total. The van der Waals surface area contributed by atoms with E-state index in [-0.39, 0.29) is 24.0 Å². The van der Waals surface area contributed by atoms with Crippen molar-refractivity contribution in [2.24, 2.45) is 4.99 Å². The molecule has 1 N–H and O–H groups in total. The van der Waals surface area contributed by atoms with Gasteiger partial charge in [0.05, 0.1) is 13.2 Å². The van der Waals surface area contributed by atoms with Crippen LogP contribution in [0.5, 0.6) is 5.75 Å². The Kier molecular flexibility index (Phi) is 13.3. The second-order valence-electron chi connectivity index (χ2n) is 6.74. The maximum Gasteiger partial charge on any atom is 0.193 e. The van der Waals surface area contributed by atoms with Crippen LogP contribution in [0.1, 0.15) is 31.7 Å². The highest BCUT2D eigenvalue weighted by Gasteiger charge is 2.21. The van der Waals surface area contributed by atoms with Crippen LogP contribution < -0.4 is 10.1 Å². The van der Waals surface area contributed by atoms with Gasteiger partial charge in [0.1, 0.15) is 5.75 Å². The van der Waals surface area contributed by atoms with Crippen molar-refractivity contribution >= 4 is 29.9 Å². The van der Waals surface area contributed by atoms with Crippen molar-refractivity contribution in [2.75, 3.05) is 53.6 Å². The first-order chi connectivity index (χ1) is 13.3. The Morgan fingerprint density at radius 3 is 2.46 bits per heavy atom. The van der Waals surface area contributed by atoms with Crippen LogP contribution >= 0.6 is 24.0 Å². The van der Waals surface area contributed by atoms with Crippen LogP contribution in [-0.4, -0.2) is 70.6 Å². The van der Waals surface area contributed by atoms with E-state index in [1.807, 2.05) is 12.1 Å². The van der Waals surface area contributed by atoms with Crippen molar-refractivity contribution in [3.63, 3.8) is 0 Å². The largest absolute Gasteiger partial charge is 0.497 e. The zero-order chi connectivity index (χ0) is 19.3. The number of methoxy groups -OCH3 is 2. The summed E-state index contributed by atoms with van der Waals surface area (Å²) in [5.74, 6) is 1.91. The van der Waals surface area contributed by atoms with Crippen LogP contribution in [0.15, 0.2) is 29.3 Å². The Labute approximate surface area is 187 Å². The molecule has 0 unspecified atom stereocenters. The topological polar surface area (TPSA) is 55.3 Å². The highest BCUT2D eigenvalue weighted by atomic mass is 127. The normalized spacial score (nSPS) is 15.2. The molecule has 1 saturated heterocycles. The van der Waals surface area contributed by atoms with Crippen LogP contribution in [0, 0.1) is 0 Å². The number of aliphatic imine (C=N–C) groups is 1.